The number of oxime groups is 1. The van der Waals surface area contributed by atoms with Crippen molar-refractivity contribution in [3.05, 3.63) is 35.9 Å². The molecule has 0 N–H and O–H groups in total. The molecule has 0 radical (unpaired) electrons. The molecule has 0 aliphatic heterocycles. The van der Waals surface area contributed by atoms with Crippen LogP contribution in [0.2, 0.25) is 0 Å². The molecule has 2 unspecified atom stereocenters. The van der Waals surface area contributed by atoms with E-state index in [1.54, 1.807) is 5.16 Å². The summed E-state index contributed by atoms with van der Waals surface area (Å²) in [5, 5.41) is 1.70. The van der Waals surface area contributed by atoms with Gasteiger partial charge >= 0.3 is 78.2 Å². The van der Waals surface area contributed by atoms with Crippen LogP contribution in [-0.2, 0) is 14.4 Å². The van der Waals surface area contributed by atoms with Crippen LogP contribution in [0.1, 0.15) is 12.5 Å². The third-order valence-electron chi connectivity index (χ3n) is 7.64. The number of rotatable bonds is 15. The number of benzene rings is 1. The van der Waals surface area contributed by atoms with Gasteiger partial charge in [0.05, 0.1) is 6.61 Å². The molecule has 0 bridgehead atoms. The summed E-state index contributed by atoms with van der Waals surface area (Å²) in [6, 6.07) is -0.0959. The smallest absolute Gasteiger partial charge is 0.433 e. The number of nitrogens with zero attached hydrogens (tertiary/aromatic N) is 1. The summed E-state index contributed by atoms with van der Waals surface area (Å²) < 4.78 is 433. The van der Waals surface area contributed by atoms with Crippen LogP contribution in [-0.4, -0.2) is 108 Å². The van der Waals surface area contributed by atoms with Crippen LogP contribution in [0.5, 0.6) is 0 Å². The van der Waals surface area contributed by atoms with Gasteiger partial charge in [-0.1, -0.05) is 35.5 Å². The van der Waals surface area contributed by atoms with Crippen molar-refractivity contribution in [2.24, 2.45) is 11.1 Å². The highest BCUT2D eigenvalue weighted by Gasteiger charge is 3.02. The Morgan fingerprint density at radius 2 is 0.754 bits per heavy atom. The first-order valence-corrected chi connectivity index (χ1v) is 14.2. The van der Waals surface area contributed by atoms with E-state index in [1.165, 1.54) is 0 Å². The minimum Gasteiger partial charge on any atom is -0.433 e. The molecule has 0 spiro atoms. The molecular weight excluding hydrogens is 960 g/mol. The molecule has 0 fully saturated rings. The van der Waals surface area contributed by atoms with Crippen LogP contribution >= 0.6 is 0 Å². The first-order valence-electron chi connectivity index (χ1n) is 14.2. The Balaban J connectivity index is 5.45. The molecule has 0 heterocycles. The third kappa shape index (κ3) is 7.79. The molecule has 0 amide bonds. The van der Waals surface area contributed by atoms with Crippen LogP contribution in [0.15, 0.2) is 35.5 Å². The van der Waals surface area contributed by atoms with E-state index in [2.05, 4.69) is 9.57 Å². The summed E-state index contributed by atoms with van der Waals surface area (Å²) in [4.78, 5) is 28.4. The van der Waals surface area contributed by atoms with Crippen molar-refractivity contribution in [3.63, 3.8) is 0 Å². The number of hydrogen-bond acceptors (Lipinski definition) is 5. The quantitative estimate of drug-likeness (QED) is 0.0578. The third-order valence-corrected chi connectivity index (χ3v) is 7.64. The molecule has 0 saturated heterocycles. The zero-order chi connectivity index (χ0) is 49.3. The van der Waals surface area contributed by atoms with Crippen LogP contribution in [0, 0.1) is 5.92 Å². The molecule has 35 heteroatoms. The van der Waals surface area contributed by atoms with Crippen molar-refractivity contribution < 1.29 is 151 Å². The lowest BCUT2D eigenvalue weighted by molar-refractivity contribution is -0.473. The molecule has 1 aromatic carbocycles. The predicted octanol–water partition coefficient (Wildman–Crippen LogP) is 11.5. The standard InChI is InChI=1S/C26H11F30NO4/c1-2-60-12(59)61-57-9(8-6-4-3-5-7-8)10(58)11(13(27,17(33,34)23(45,46)47)15(29,30)19(37,38)21(41,42)25(51,52)53)14(28,18(35,36)24(48,49)50)16(31,32)20(39,40)22(43,44)26(54,55)56/h3-7,11H,2H2,1H3. The topological polar surface area (TPSA) is 65.0 Å². The molecule has 2 atom stereocenters. The largest absolute Gasteiger partial charge is 0.535 e. The zero-order valence-electron chi connectivity index (χ0n) is 27.6. The number of ketones is 1. The molecule has 1 aromatic rings. The molecule has 0 saturated carbocycles. The number of Topliss-reactive ketones (excluding diaryl/α,β-unsaturated/α-hetero) is 1. The number of carbonyl (C=O) groups excluding carboxylic acids is 2. The van der Waals surface area contributed by atoms with E-state index in [-0.39, 0.29) is 24.3 Å². The lowest BCUT2D eigenvalue weighted by Gasteiger charge is -2.53. The van der Waals surface area contributed by atoms with Gasteiger partial charge in [-0.05, 0) is 6.92 Å². The number of alkyl halides is 30. The molecule has 0 aromatic heterocycles. The molecule has 1 rings (SSSR count). The number of ether oxygens (including phenoxy) is 1. The second-order valence-electron chi connectivity index (χ2n) is 11.4. The van der Waals surface area contributed by atoms with Crippen molar-refractivity contribution in [2.75, 3.05) is 6.61 Å². The molecular formula is C26H11F30NO4. The van der Waals surface area contributed by atoms with E-state index in [1.807, 2.05) is 0 Å². The van der Waals surface area contributed by atoms with E-state index >= 15 is 43.9 Å². The summed E-state index contributed by atoms with van der Waals surface area (Å²) in [5.41, 5.74) is -27.0. The van der Waals surface area contributed by atoms with Crippen molar-refractivity contribution in [3.8, 4) is 0 Å². The normalized spacial score (nSPS) is 17.9. The Morgan fingerprint density at radius 1 is 0.459 bits per heavy atom. The minimum absolute atomic E-state index is 0.0941. The Hall–Kier alpha value is -4.27. The van der Waals surface area contributed by atoms with Gasteiger partial charge in [0, 0.05) is 5.56 Å². The maximum atomic E-state index is 16.7. The Kier molecular flexibility index (Phi) is 13.9. The van der Waals surface area contributed by atoms with Gasteiger partial charge in [-0.15, -0.1) is 0 Å². The van der Waals surface area contributed by atoms with E-state index in [9.17, 15) is 97.4 Å². The lowest BCUT2D eigenvalue weighted by Crippen LogP contribution is -2.84. The van der Waals surface area contributed by atoms with Crippen LogP contribution < -0.4 is 0 Å². The Labute approximate surface area is 313 Å². The number of halogens is 30. The SMILES string of the molecule is CCOC(=O)ON=C(C(=O)C(C(F)(C(F)(F)C(F)(F)F)C(F)(F)C(F)(F)C(F)(F)C(F)(F)F)C(F)(C(F)(F)C(F)(F)F)C(F)(F)C(F)(F)C(F)(F)C(F)(F)F)c1ccccc1. The van der Waals surface area contributed by atoms with Crippen molar-refractivity contribution in [1.29, 1.82) is 0 Å². The van der Waals surface area contributed by atoms with Gasteiger partial charge < -0.3 is 4.74 Å². The summed E-state index contributed by atoms with van der Waals surface area (Å²) in [5.74, 6) is -93.9. The summed E-state index contributed by atoms with van der Waals surface area (Å²) in [7, 11) is 0. The molecule has 354 valence electrons. The molecule has 0 aliphatic rings. The second-order valence-corrected chi connectivity index (χ2v) is 11.4. The van der Waals surface area contributed by atoms with Crippen molar-refractivity contribution in [1.82, 2.24) is 0 Å². The van der Waals surface area contributed by atoms with Gasteiger partial charge in [-0.2, -0.15) is 123 Å². The van der Waals surface area contributed by atoms with Crippen molar-refractivity contribution in [2.45, 2.75) is 90.3 Å². The zero-order valence-corrected chi connectivity index (χ0v) is 27.6. The fourth-order valence-electron chi connectivity index (χ4n) is 4.57. The first-order chi connectivity index (χ1) is 26.5. The van der Waals surface area contributed by atoms with E-state index in [0.717, 1.165) is 0 Å². The van der Waals surface area contributed by atoms with Gasteiger partial charge in [-0.3, -0.25) is 9.63 Å². The van der Waals surface area contributed by atoms with Crippen molar-refractivity contribution >= 4 is 17.7 Å². The van der Waals surface area contributed by atoms with Crippen LogP contribution in [0.4, 0.5) is 137 Å². The second kappa shape index (κ2) is 15.5. The molecule has 5 nitrogen and oxygen atoms in total. The van der Waals surface area contributed by atoms with Crippen LogP contribution in [0.25, 0.3) is 0 Å². The number of carbonyl (C=O) groups is 2. The highest BCUT2D eigenvalue weighted by Crippen LogP contribution is 2.71. The van der Waals surface area contributed by atoms with E-state index in [0.29, 0.717) is 13.0 Å². The minimum atomic E-state index is -10.5. The fraction of sp³-hybridized carbons (Fsp3) is 0.654. The van der Waals surface area contributed by atoms with Gasteiger partial charge in [0.25, 0.3) is 11.3 Å². The first kappa shape index (κ1) is 54.7. The van der Waals surface area contributed by atoms with Gasteiger partial charge in [0.15, 0.2) is 11.5 Å². The van der Waals surface area contributed by atoms with Gasteiger partial charge in [0.1, 0.15) is 5.92 Å². The van der Waals surface area contributed by atoms with Crippen LogP contribution in [0.3, 0.4) is 0 Å². The Bertz CT molecular complexity index is 1690. The summed E-state index contributed by atoms with van der Waals surface area (Å²) in [6.07, 6.45) is -38.9. The summed E-state index contributed by atoms with van der Waals surface area (Å²) in [6.45, 7) is -0.471. The highest BCUT2D eigenvalue weighted by molar-refractivity contribution is 6.47. The lowest BCUT2D eigenvalue weighted by atomic mass is 9.60. The highest BCUT2D eigenvalue weighted by atomic mass is 19.5. The van der Waals surface area contributed by atoms with Gasteiger partial charge in [0.2, 0.25) is 0 Å². The fourth-order valence-corrected chi connectivity index (χ4v) is 4.57. The maximum absolute atomic E-state index is 16.7. The average molecular weight is 971 g/mol. The molecule has 61 heavy (non-hydrogen) atoms. The summed E-state index contributed by atoms with van der Waals surface area (Å²) >= 11 is 0. The van der Waals surface area contributed by atoms with E-state index in [4.69, 9.17) is 0 Å². The molecule has 0 aliphatic carbocycles. The van der Waals surface area contributed by atoms with Gasteiger partial charge in [-0.25, -0.2) is 13.6 Å². The average Bonchev–Trinajstić information content (AvgIpc) is 3.06. The Morgan fingerprint density at radius 3 is 1.02 bits per heavy atom. The predicted molar refractivity (Wildman–Crippen MR) is 131 cm³/mol. The maximum Gasteiger partial charge on any atom is 0.535 e. The monoisotopic (exact) mass is 971 g/mol. The number of hydrogen-bond donors (Lipinski definition) is 0. The van der Waals surface area contributed by atoms with E-state index < -0.39 is 119 Å².